The number of aryl methyl sites for hydroxylation is 1. The number of hydrogen-bond donors (Lipinski definition) is 1. The third-order valence-electron chi connectivity index (χ3n) is 4.67. The van der Waals surface area contributed by atoms with Crippen molar-refractivity contribution in [2.75, 3.05) is 18.6 Å². The molecule has 0 saturated heterocycles. The molecule has 3 aromatic carbocycles. The van der Waals surface area contributed by atoms with Crippen LogP contribution in [0.1, 0.15) is 17.5 Å². The number of nitrogens with zero attached hydrogens (tertiary/aromatic N) is 3. The van der Waals surface area contributed by atoms with E-state index in [-0.39, 0.29) is 5.69 Å². The lowest BCUT2D eigenvalue weighted by molar-refractivity contribution is -0.384. The quantitative estimate of drug-likeness (QED) is 0.138. The number of fused-ring (bicyclic) bond motifs is 1. The zero-order valence-corrected chi connectivity index (χ0v) is 18.7. The summed E-state index contributed by atoms with van der Waals surface area (Å²) in [4.78, 5) is 15.2. The Labute approximate surface area is 194 Å². The third kappa shape index (κ3) is 6.05. The van der Waals surface area contributed by atoms with Crippen LogP contribution in [-0.4, -0.2) is 29.3 Å². The van der Waals surface area contributed by atoms with Crippen LogP contribution >= 0.6 is 11.3 Å². The van der Waals surface area contributed by atoms with Crippen LogP contribution in [0.5, 0.6) is 11.5 Å². The molecule has 0 amide bonds. The maximum Gasteiger partial charge on any atom is 0.270 e. The molecule has 9 heteroatoms. The van der Waals surface area contributed by atoms with Gasteiger partial charge in [0.05, 0.1) is 34.6 Å². The fourth-order valence-electron chi connectivity index (χ4n) is 3.10. The van der Waals surface area contributed by atoms with Crippen molar-refractivity contribution in [2.24, 2.45) is 5.10 Å². The molecule has 4 aromatic rings. The second kappa shape index (κ2) is 10.6. The highest BCUT2D eigenvalue weighted by atomic mass is 32.1. The summed E-state index contributed by atoms with van der Waals surface area (Å²) in [6.45, 7) is 2.91. The molecule has 4 rings (SSSR count). The van der Waals surface area contributed by atoms with E-state index in [2.05, 4.69) is 15.5 Å². The van der Waals surface area contributed by atoms with Crippen molar-refractivity contribution in [1.29, 1.82) is 0 Å². The zero-order chi connectivity index (χ0) is 23.0. The number of benzene rings is 3. The number of nitro benzene ring substituents is 1. The predicted molar refractivity (Wildman–Crippen MR) is 131 cm³/mol. The van der Waals surface area contributed by atoms with E-state index in [0.717, 1.165) is 21.5 Å². The molecule has 0 aliphatic carbocycles. The van der Waals surface area contributed by atoms with Gasteiger partial charge in [-0.05, 0) is 42.8 Å². The van der Waals surface area contributed by atoms with Crippen molar-refractivity contribution >= 4 is 38.6 Å². The summed E-state index contributed by atoms with van der Waals surface area (Å²) >= 11 is 1.47. The average molecular weight is 463 g/mol. The van der Waals surface area contributed by atoms with Gasteiger partial charge in [0.15, 0.2) is 0 Å². The van der Waals surface area contributed by atoms with Crippen LogP contribution in [0.15, 0.2) is 71.8 Å². The van der Waals surface area contributed by atoms with Gasteiger partial charge in [-0.1, -0.05) is 35.6 Å². The number of nitrogens with one attached hydrogen (secondary N) is 1. The number of rotatable bonds is 10. The molecule has 0 saturated carbocycles. The van der Waals surface area contributed by atoms with E-state index in [1.54, 1.807) is 6.07 Å². The Bertz CT molecular complexity index is 1260. The number of nitro groups is 1. The van der Waals surface area contributed by atoms with Crippen molar-refractivity contribution in [3.63, 3.8) is 0 Å². The third-order valence-corrected chi connectivity index (χ3v) is 5.61. The molecule has 1 aromatic heterocycles. The molecule has 0 atom stereocenters. The van der Waals surface area contributed by atoms with Gasteiger partial charge in [0.25, 0.3) is 5.69 Å². The van der Waals surface area contributed by atoms with E-state index >= 15 is 0 Å². The SMILES string of the molecule is Cc1cccc(OCCCOc2ccc([N+](=O)[O-])cc2C=NNc2nc3ccccc3s2)c1. The van der Waals surface area contributed by atoms with E-state index in [0.29, 0.717) is 36.1 Å². The van der Waals surface area contributed by atoms with Gasteiger partial charge in [0.2, 0.25) is 5.13 Å². The highest BCUT2D eigenvalue weighted by Gasteiger charge is 2.11. The molecule has 0 aliphatic heterocycles. The molecule has 168 valence electrons. The van der Waals surface area contributed by atoms with Crippen molar-refractivity contribution in [2.45, 2.75) is 13.3 Å². The maximum absolute atomic E-state index is 11.2. The number of hydrazone groups is 1. The van der Waals surface area contributed by atoms with Crippen molar-refractivity contribution in [3.8, 4) is 11.5 Å². The van der Waals surface area contributed by atoms with E-state index in [9.17, 15) is 10.1 Å². The zero-order valence-electron chi connectivity index (χ0n) is 17.9. The molecule has 0 radical (unpaired) electrons. The highest BCUT2D eigenvalue weighted by Crippen LogP contribution is 2.26. The van der Waals surface area contributed by atoms with Gasteiger partial charge in [0, 0.05) is 24.1 Å². The Hall–Kier alpha value is -3.98. The summed E-state index contributed by atoms with van der Waals surface area (Å²) in [5.41, 5.74) is 5.37. The largest absolute Gasteiger partial charge is 0.493 e. The first kappa shape index (κ1) is 22.2. The lowest BCUT2D eigenvalue weighted by atomic mass is 10.2. The monoisotopic (exact) mass is 462 g/mol. The standard InChI is InChI=1S/C24H22N4O4S/c1-17-6-4-7-20(14-17)31-12-5-13-32-22-11-10-19(28(29)30)15-18(22)16-25-27-24-26-21-8-2-3-9-23(21)33-24/h2-4,6-11,14-16H,5,12-13H2,1H3,(H,26,27). The number of non-ortho nitro benzene ring substituents is 1. The summed E-state index contributed by atoms with van der Waals surface area (Å²) in [6.07, 6.45) is 2.16. The first-order chi connectivity index (χ1) is 16.1. The summed E-state index contributed by atoms with van der Waals surface area (Å²) < 4.78 is 12.6. The average Bonchev–Trinajstić information content (AvgIpc) is 3.22. The smallest absolute Gasteiger partial charge is 0.270 e. The van der Waals surface area contributed by atoms with Crippen molar-refractivity contribution in [1.82, 2.24) is 4.98 Å². The van der Waals surface area contributed by atoms with Gasteiger partial charge < -0.3 is 9.47 Å². The van der Waals surface area contributed by atoms with Gasteiger partial charge in [0.1, 0.15) is 11.5 Å². The Morgan fingerprint density at radius 3 is 2.76 bits per heavy atom. The molecule has 0 fully saturated rings. The van der Waals surface area contributed by atoms with Crippen molar-refractivity contribution in [3.05, 3.63) is 88.0 Å². The number of ether oxygens (including phenoxy) is 2. The molecule has 0 spiro atoms. The number of para-hydroxylation sites is 1. The van der Waals surface area contributed by atoms with Crippen LogP contribution in [0, 0.1) is 17.0 Å². The van der Waals surface area contributed by atoms with E-state index < -0.39 is 4.92 Å². The Balaban J connectivity index is 1.37. The van der Waals surface area contributed by atoms with Gasteiger partial charge in [-0.2, -0.15) is 5.10 Å². The highest BCUT2D eigenvalue weighted by molar-refractivity contribution is 7.22. The molecule has 33 heavy (non-hydrogen) atoms. The normalized spacial score (nSPS) is 11.1. The first-order valence-corrected chi connectivity index (χ1v) is 11.2. The summed E-state index contributed by atoms with van der Waals surface area (Å²) in [6, 6.07) is 20.1. The summed E-state index contributed by atoms with van der Waals surface area (Å²) in [7, 11) is 0. The van der Waals surface area contributed by atoms with Crippen LogP contribution < -0.4 is 14.9 Å². The fraction of sp³-hybridized carbons (Fsp3) is 0.167. The lowest BCUT2D eigenvalue weighted by Crippen LogP contribution is -2.06. The summed E-state index contributed by atoms with van der Waals surface area (Å²) in [5.74, 6) is 1.32. The van der Waals surface area contributed by atoms with Gasteiger partial charge >= 0.3 is 0 Å². The van der Waals surface area contributed by atoms with Crippen LogP contribution in [0.2, 0.25) is 0 Å². The topological polar surface area (TPSA) is 98.9 Å². The van der Waals surface area contributed by atoms with E-state index in [1.807, 2.05) is 55.5 Å². The summed E-state index contributed by atoms with van der Waals surface area (Å²) in [5, 5.41) is 16.0. The van der Waals surface area contributed by atoms with Crippen LogP contribution in [0.4, 0.5) is 10.8 Å². The van der Waals surface area contributed by atoms with Gasteiger partial charge in [-0.15, -0.1) is 0 Å². The maximum atomic E-state index is 11.2. The molecular weight excluding hydrogens is 440 g/mol. The molecule has 0 unspecified atom stereocenters. The minimum absolute atomic E-state index is 0.0356. The number of aromatic nitrogens is 1. The number of anilines is 1. The molecule has 8 nitrogen and oxygen atoms in total. The van der Waals surface area contributed by atoms with Gasteiger partial charge in [-0.3, -0.25) is 15.5 Å². The lowest BCUT2D eigenvalue weighted by Gasteiger charge is -2.10. The molecule has 1 heterocycles. The van der Waals surface area contributed by atoms with E-state index in [4.69, 9.17) is 9.47 Å². The van der Waals surface area contributed by atoms with Gasteiger partial charge in [-0.25, -0.2) is 4.98 Å². The second-order valence-electron chi connectivity index (χ2n) is 7.20. The van der Waals surface area contributed by atoms with E-state index in [1.165, 1.54) is 29.7 Å². The number of hydrogen-bond acceptors (Lipinski definition) is 8. The molecule has 0 aliphatic rings. The van der Waals surface area contributed by atoms with Crippen molar-refractivity contribution < 1.29 is 14.4 Å². The van der Waals surface area contributed by atoms with Crippen LogP contribution in [0.25, 0.3) is 10.2 Å². The van der Waals surface area contributed by atoms with Crippen LogP contribution in [-0.2, 0) is 0 Å². The molecular formula is C24H22N4O4S. The minimum atomic E-state index is -0.447. The Kier molecular flexibility index (Phi) is 7.11. The second-order valence-corrected chi connectivity index (χ2v) is 8.23. The molecule has 0 bridgehead atoms. The first-order valence-electron chi connectivity index (χ1n) is 10.3. The van der Waals surface area contributed by atoms with Crippen LogP contribution in [0.3, 0.4) is 0 Å². The fourth-order valence-corrected chi connectivity index (χ4v) is 3.91. The molecule has 1 N–H and O–H groups in total. The Morgan fingerprint density at radius 1 is 1.09 bits per heavy atom. The minimum Gasteiger partial charge on any atom is -0.493 e. The predicted octanol–water partition coefficient (Wildman–Crippen LogP) is 5.81. The number of thiazole rings is 1. The Morgan fingerprint density at radius 2 is 1.94 bits per heavy atom.